The number of nitrogens with one attached hydrogen (secondary N) is 1. The summed E-state index contributed by atoms with van der Waals surface area (Å²) in [7, 11) is 0. The van der Waals surface area contributed by atoms with E-state index >= 15 is 0 Å². The number of carbonyl (C=O) groups is 1. The first kappa shape index (κ1) is 20.6. The first-order valence-electron chi connectivity index (χ1n) is 10.6. The van der Waals surface area contributed by atoms with Crippen LogP contribution in [0.5, 0.6) is 17.2 Å². The van der Waals surface area contributed by atoms with Gasteiger partial charge in [0.25, 0.3) is 11.5 Å². The van der Waals surface area contributed by atoms with Crippen LogP contribution < -0.4 is 25.1 Å². The van der Waals surface area contributed by atoms with Gasteiger partial charge in [0.15, 0.2) is 17.2 Å². The van der Waals surface area contributed by atoms with Crippen molar-refractivity contribution >= 4 is 22.4 Å². The van der Waals surface area contributed by atoms with Crippen molar-refractivity contribution in [3.63, 3.8) is 0 Å². The smallest absolute Gasteiger partial charge is 0.279 e. The van der Waals surface area contributed by atoms with E-state index < -0.39 is 5.91 Å². The molecule has 1 N–H and O–H groups in total. The third kappa shape index (κ3) is 3.98. The molecule has 0 atom stereocenters. The van der Waals surface area contributed by atoms with Crippen LogP contribution in [-0.4, -0.2) is 35.5 Å². The summed E-state index contributed by atoms with van der Waals surface area (Å²) < 4.78 is 17.8. The van der Waals surface area contributed by atoms with Crippen LogP contribution in [0.1, 0.15) is 17.4 Å². The highest BCUT2D eigenvalue weighted by Gasteiger charge is 2.19. The molecule has 1 aliphatic rings. The van der Waals surface area contributed by atoms with E-state index in [0.717, 1.165) is 0 Å². The molecule has 1 aromatic heterocycles. The monoisotopic (exact) mass is 443 g/mol. The molecule has 1 amide bonds. The SMILES string of the molecule is CCOc1ccc(-n2nc(C(=O)Nc3ccc4c(c3)OCCO4)c3ccccc3c2=O)cc1. The Hall–Kier alpha value is -4.33. The molecule has 0 bridgehead atoms. The molecule has 8 heteroatoms. The van der Waals surface area contributed by atoms with Crippen LogP contribution in [0.15, 0.2) is 71.5 Å². The number of fused-ring (bicyclic) bond motifs is 2. The van der Waals surface area contributed by atoms with Gasteiger partial charge in [0.2, 0.25) is 0 Å². The summed E-state index contributed by atoms with van der Waals surface area (Å²) in [5, 5.41) is 8.15. The first-order valence-corrected chi connectivity index (χ1v) is 10.6. The fourth-order valence-corrected chi connectivity index (χ4v) is 3.69. The average molecular weight is 443 g/mol. The second-order valence-corrected chi connectivity index (χ2v) is 7.35. The number of ether oxygens (including phenoxy) is 3. The van der Waals surface area contributed by atoms with Crippen molar-refractivity contribution in [2.75, 3.05) is 25.1 Å². The molecular formula is C25H21N3O5. The lowest BCUT2D eigenvalue weighted by Crippen LogP contribution is -2.26. The summed E-state index contributed by atoms with van der Waals surface area (Å²) in [6.45, 7) is 3.37. The molecule has 5 rings (SSSR count). The van der Waals surface area contributed by atoms with E-state index in [0.29, 0.717) is 59.2 Å². The molecule has 0 radical (unpaired) electrons. The maximum Gasteiger partial charge on any atom is 0.279 e. The van der Waals surface area contributed by atoms with Crippen LogP contribution in [0.4, 0.5) is 5.69 Å². The average Bonchev–Trinajstić information content (AvgIpc) is 2.85. The summed E-state index contributed by atoms with van der Waals surface area (Å²) in [5.41, 5.74) is 0.885. The van der Waals surface area contributed by atoms with Gasteiger partial charge in [-0.05, 0) is 49.4 Å². The van der Waals surface area contributed by atoms with Gasteiger partial charge in [-0.2, -0.15) is 9.78 Å². The minimum absolute atomic E-state index is 0.133. The lowest BCUT2D eigenvalue weighted by molar-refractivity contribution is 0.102. The highest BCUT2D eigenvalue weighted by atomic mass is 16.6. The number of hydrogen-bond donors (Lipinski definition) is 1. The maximum absolute atomic E-state index is 13.2. The Bertz CT molecular complexity index is 1400. The van der Waals surface area contributed by atoms with E-state index in [4.69, 9.17) is 14.2 Å². The van der Waals surface area contributed by atoms with Crippen LogP contribution in [0, 0.1) is 0 Å². The van der Waals surface area contributed by atoms with E-state index in [9.17, 15) is 9.59 Å². The Morgan fingerprint density at radius 2 is 1.73 bits per heavy atom. The summed E-state index contributed by atoms with van der Waals surface area (Å²) in [5.74, 6) is 1.44. The number of hydrogen-bond acceptors (Lipinski definition) is 6. The van der Waals surface area contributed by atoms with Crippen LogP contribution in [0.3, 0.4) is 0 Å². The van der Waals surface area contributed by atoms with E-state index in [-0.39, 0.29) is 11.3 Å². The molecular weight excluding hydrogens is 422 g/mol. The number of nitrogens with zero attached hydrogens (tertiary/aromatic N) is 2. The Labute approximate surface area is 189 Å². The van der Waals surface area contributed by atoms with Crippen LogP contribution in [-0.2, 0) is 0 Å². The van der Waals surface area contributed by atoms with Crippen molar-refractivity contribution in [3.8, 4) is 22.9 Å². The van der Waals surface area contributed by atoms with Crippen molar-refractivity contribution in [3.05, 3.63) is 82.8 Å². The van der Waals surface area contributed by atoms with E-state index in [1.807, 2.05) is 6.92 Å². The fourth-order valence-electron chi connectivity index (χ4n) is 3.69. The fraction of sp³-hybridized carbons (Fsp3) is 0.160. The zero-order valence-electron chi connectivity index (χ0n) is 17.9. The van der Waals surface area contributed by atoms with Gasteiger partial charge in [-0.15, -0.1) is 0 Å². The normalized spacial score (nSPS) is 12.4. The quantitative estimate of drug-likeness (QED) is 0.504. The maximum atomic E-state index is 13.2. The van der Waals surface area contributed by atoms with Crippen molar-refractivity contribution in [2.24, 2.45) is 0 Å². The molecule has 0 saturated carbocycles. The molecule has 4 aromatic rings. The number of benzene rings is 3. The molecule has 8 nitrogen and oxygen atoms in total. The van der Waals surface area contributed by atoms with Gasteiger partial charge < -0.3 is 19.5 Å². The Balaban J connectivity index is 1.55. The largest absolute Gasteiger partial charge is 0.494 e. The number of carbonyl (C=O) groups excluding carboxylic acids is 1. The van der Waals surface area contributed by atoms with Gasteiger partial charge >= 0.3 is 0 Å². The summed E-state index contributed by atoms with van der Waals surface area (Å²) in [6, 6.07) is 19.1. The topological polar surface area (TPSA) is 91.7 Å². The molecule has 0 fully saturated rings. The van der Waals surface area contributed by atoms with Crippen molar-refractivity contribution in [2.45, 2.75) is 6.92 Å². The Kier molecular flexibility index (Phi) is 5.40. The summed E-state index contributed by atoms with van der Waals surface area (Å²) >= 11 is 0. The van der Waals surface area contributed by atoms with Crippen LogP contribution in [0.2, 0.25) is 0 Å². The summed E-state index contributed by atoms with van der Waals surface area (Å²) in [6.07, 6.45) is 0. The first-order chi connectivity index (χ1) is 16.1. The lowest BCUT2D eigenvalue weighted by Gasteiger charge is -2.19. The van der Waals surface area contributed by atoms with Crippen molar-refractivity contribution in [1.29, 1.82) is 0 Å². The molecule has 3 aromatic carbocycles. The minimum Gasteiger partial charge on any atom is -0.494 e. The Morgan fingerprint density at radius 1 is 1.00 bits per heavy atom. The molecule has 1 aliphatic heterocycles. The number of amides is 1. The summed E-state index contributed by atoms with van der Waals surface area (Å²) in [4.78, 5) is 26.4. The number of anilines is 1. The highest BCUT2D eigenvalue weighted by Crippen LogP contribution is 2.32. The highest BCUT2D eigenvalue weighted by molar-refractivity contribution is 6.11. The number of aromatic nitrogens is 2. The molecule has 0 aliphatic carbocycles. The van der Waals surface area contributed by atoms with E-state index in [1.165, 1.54) is 4.68 Å². The predicted molar refractivity (Wildman–Crippen MR) is 124 cm³/mol. The molecule has 166 valence electrons. The van der Waals surface area contributed by atoms with Gasteiger partial charge in [-0.1, -0.05) is 18.2 Å². The van der Waals surface area contributed by atoms with E-state index in [1.54, 1.807) is 66.7 Å². The molecule has 0 saturated heterocycles. The molecule has 33 heavy (non-hydrogen) atoms. The van der Waals surface area contributed by atoms with E-state index in [2.05, 4.69) is 10.4 Å². The zero-order chi connectivity index (χ0) is 22.8. The standard InChI is InChI=1S/C25H21N3O5/c1-2-31-18-10-8-17(9-11-18)28-25(30)20-6-4-3-5-19(20)23(27-28)24(29)26-16-7-12-21-22(15-16)33-14-13-32-21/h3-12,15H,2,13-14H2,1H3,(H,26,29). The zero-order valence-corrected chi connectivity index (χ0v) is 17.9. The third-order valence-corrected chi connectivity index (χ3v) is 5.21. The third-order valence-electron chi connectivity index (χ3n) is 5.21. The van der Waals surface area contributed by atoms with Gasteiger partial charge in [0, 0.05) is 17.1 Å². The second-order valence-electron chi connectivity index (χ2n) is 7.35. The molecule has 0 spiro atoms. The van der Waals surface area contributed by atoms with Crippen molar-refractivity contribution < 1.29 is 19.0 Å². The van der Waals surface area contributed by atoms with Gasteiger partial charge in [-0.3, -0.25) is 9.59 Å². The van der Waals surface area contributed by atoms with Crippen molar-refractivity contribution in [1.82, 2.24) is 9.78 Å². The number of rotatable bonds is 5. The molecule has 2 heterocycles. The van der Waals surface area contributed by atoms with Gasteiger partial charge in [0.1, 0.15) is 19.0 Å². The van der Waals surface area contributed by atoms with Gasteiger partial charge in [0.05, 0.1) is 17.7 Å². The second kappa shape index (κ2) is 8.66. The minimum atomic E-state index is -0.442. The predicted octanol–water partition coefficient (Wildman–Crippen LogP) is 3.81. The lowest BCUT2D eigenvalue weighted by atomic mass is 10.1. The van der Waals surface area contributed by atoms with Crippen LogP contribution >= 0.6 is 0 Å². The van der Waals surface area contributed by atoms with Crippen LogP contribution in [0.25, 0.3) is 16.5 Å². The molecule has 0 unspecified atom stereocenters. The Morgan fingerprint density at radius 3 is 2.48 bits per heavy atom. The van der Waals surface area contributed by atoms with Gasteiger partial charge in [-0.25, -0.2) is 0 Å².